The number of imidazole rings is 1. The number of fused-ring (bicyclic) bond motifs is 1. The number of aromatic amines is 1. The summed E-state index contributed by atoms with van der Waals surface area (Å²) in [6, 6.07) is 6.24. The van der Waals surface area contributed by atoms with Crippen molar-refractivity contribution >= 4 is 17.7 Å². The van der Waals surface area contributed by atoms with E-state index < -0.39 is 18.1 Å². The standard InChI is InChI=1S/C15H16N4O4/c1-23-15(22)17-9-4-2-8(3-5-9)13-18-10-6-7-16-12(14(20)21)11(10)19-13/h2-5,12,16H,6-7H2,1H3,(H,17,22)(H,18,19)(H,20,21)/t12-/m1/s1. The molecule has 1 atom stereocenters. The first-order valence-corrected chi connectivity index (χ1v) is 7.09. The Balaban J connectivity index is 1.85. The molecule has 0 fully saturated rings. The van der Waals surface area contributed by atoms with Crippen molar-refractivity contribution < 1.29 is 19.4 Å². The number of nitrogens with one attached hydrogen (secondary N) is 3. The predicted octanol–water partition coefficient (Wildman–Crippen LogP) is 1.53. The summed E-state index contributed by atoms with van der Waals surface area (Å²) in [4.78, 5) is 30.0. The Bertz CT molecular complexity index is 738. The zero-order valence-corrected chi connectivity index (χ0v) is 12.4. The summed E-state index contributed by atoms with van der Waals surface area (Å²) in [6.07, 6.45) is 0.162. The number of H-pyrrole nitrogens is 1. The lowest BCUT2D eigenvalue weighted by molar-refractivity contribution is -0.139. The van der Waals surface area contributed by atoms with Crippen molar-refractivity contribution in [2.45, 2.75) is 12.5 Å². The summed E-state index contributed by atoms with van der Waals surface area (Å²) in [5.41, 5.74) is 2.76. The fourth-order valence-corrected chi connectivity index (χ4v) is 2.51. The number of carboxylic acid groups (broad SMARTS) is 1. The smallest absolute Gasteiger partial charge is 0.411 e. The van der Waals surface area contributed by atoms with Crippen molar-refractivity contribution in [3.63, 3.8) is 0 Å². The van der Waals surface area contributed by atoms with E-state index in [4.69, 9.17) is 0 Å². The normalized spacial score (nSPS) is 16.5. The van der Waals surface area contributed by atoms with Gasteiger partial charge in [0.25, 0.3) is 0 Å². The van der Waals surface area contributed by atoms with Gasteiger partial charge in [0.2, 0.25) is 0 Å². The molecule has 0 saturated carbocycles. The molecule has 1 aromatic heterocycles. The second kappa shape index (κ2) is 6.09. The second-order valence-electron chi connectivity index (χ2n) is 5.12. The predicted molar refractivity (Wildman–Crippen MR) is 82.1 cm³/mol. The van der Waals surface area contributed by atoms with Gasteiger partial charge in [0, 0.05) is 29.9 Å². The van der Waals surface area contributed by atoms with Gasteiger partial charge in [-0.25, -0.2) is 9.78 Å². The molecular formula is C15H16N4O4. The Morgan fingerprint density at radius 2 is 2.09 bits per heavy atom. The maximum atomic E-state index is 11.3. The van der Waals surface area contributed by atoms with Crippen LogP contribution in [-0.2, 0) is 16.0 Å². The lowest BCUT2D eigenvalue weighted by Gasteiger charge is -2.18. The summed E-state index contributed by atoms with van der Waals surface area (Å²) in [5, 5.41) is 14.7. The third-order valence-electron chi connectivity index (χ3n) is 3.64. The molecule has 8 nitrogen and oxygen atoms in total. The van der Waals surface area contributed by atoms with Gasteiger partial charge >= 0.3 is 12.1 Å². The molecule has 4 N–H and O–H groups in total. The van der Waals surface area contributed by atoms with Crippen molar-refractivity contribution in [1.29, 1.82) is 0 Å². The number of nitrogens with zero attached hydrogens (tertiary/aromatic N) is 1. The van der Waals surface area contributed by atoms with Crippen molar-refractivity contribution in [3.05, 3.63) is 35.7 Å². The van der Waals surface area contributed by atoms with E-state index in [0.29, 0.717) is 30.2 Å². The van der Waals surface area contributed by atoms with Crippen LogP contribution in [0, 0.1) is 0 Å². The number of hydrogen-bond donors (Lipinski definition) is 4. The van der Waals surface area contributed by atoms with Crippen molar-refractivity contribution in [3.8, 4) is 11.4 Å². The minimum atomic E-state index is -0.943. The van der Waals surface area contributed by atoms with E-state index in [1.54, 1.807) is 24.3 Å². The third kappa shape index (κ3) is 3.02. The van der Waals surface area contributed by atoms with Gasteiger partial charge in [0.05, 0.1) is 12.8 Å². The first-order chi connectivity index (χ1) is 11.1. The van der Waals surface area contributed by atoms with Crippen LogP contribution >= 0.6 is 0 Å². The zero-order chi connectivity index (χ0) is 16.4. The zero-order valence-electron chi connectivity index (χ0n) is 12.4. The SMILES string of the molecule is COC(=O)Nc1ccc(-c2nc3c([nH]2)CCN[C@H]3C(=O)O)cc1. The molecule has 0 bridgehead atoms. The highest BCUT2D eigenvalue weighted by molar-refractivity contribution is 5.84. The number of benzene rings is 1. The van der Waals surface area contributed by atoms with E-state index >= 15 is 0 Å². The molecule has 1 aliphatic rings. The highest BCUT2D eigenvalue weighted by Crippen LogP contribution is 2.26. The van der Waals surface area contributed by atoms with Gasteiger partial charge in [-0.2, -0.15) is 0 Å². The average Bonchev–Trinajstić information content (AvgIpc) is 2.99. The van der Waals surface area contributed by atoms with Crippen LogP contribution in [0.2, 0.25) is 0 Å². The van der Waals surface area contributed by atoms with E-state index in [0.717, 1.165) is 11.3 Å². The molecule has 0 unspecified atom stereocenters. The number of rotatable bonds is 3. The van der Waals surface area contributed by atoms with Crippen LogP contribution < -0.4 is 10.6 Å². The van der Waals surface area contributed by atoms with Crippen LogP contribution in [0.3, 0.4) is 0 Å². The molecule has 2 aromatic rings. The van der Waals surface area contributed by atoms with Gasteiger partial charge in [0.15, 0.2) is 6.04 Å². The molecule has 0 radical (unpaired) electrons. The van der Waals surface area contributed by atoms with E-state index in [2.05, 4.69) is 25.3 Å². The Labute approximate surface area is 131 Å². The molecule has 1 aliphatic heterocycles. The molecule has 2 heterocycles. The Morgan fingerprint density at radius 1 is 1.35 bits per heavy atom. The molecule has 0 spiro atoms. The fraction of sp³-hybridized carbons (Fsp3) is 0.267. The quantitative estimate of drug-likeness (QED) is 0.682. The minimum Gasteiger partial charge on any atom is -0.480 e. The number of carbonyl (C=O) groups excluding carboxylic acids is 1. The van der Waals surface area contributed by atoms with Crippen molar-refractivity contribution in [1.82, 2.24) is 15.3 Å². The topological polar surface area (TPSA) is 116 Å². The molecule has 120 valence electrons. The van der Waals surface area contributed by atoms with E-state index in [-0.39, 0.29) is 0 Å². The lowest BCUT2D eigenvalue weighted by atomic mass is 10.1. The fourth-order valence-electron chi connectivity index (χ4n) is 2.51. The maximum absolute atomic E-state index is 11.3. The number of ether oxygens (including phenoxy) is 1. The van der Waals surface area contributed by atoms with Gasteiger partial charge in [0.1, 0.15) is 5.82 Å². The summed E-state index contributed by atoms with van der Waals surface area (Å²) in [5.74, 6) is -0.337. The number of carboxylic acids is 1. The van der Waals surface area contributed by atoms with Crippen molar-refractivity contribution in [2.75, 3.05) is 19.0 Å². The summed E-state index contributed by atoms with van der Waals surface area (Å²) >= 11 is 0. The summed E-state index contributed by atoms with van der Waals surface area (Å²) in [6.45, 7) is 0.591. The van der Waals surface area contributed by atoms with Gasteiger partial charge < -0.3 is 14.8 Å². The van der Waals surface area contributed by atoms with Gasteiger partial charge in [-0.05, 0) is 24.3 Å². The Morgan fingerprint density at radius 3 is 2.74 bits per heavy atom. The van der Waals surface area contributed by atoms with Crippen molar-refractivity contribution in [2.24, 2.45) is 0 Å². The van der Waals surface area contributed by atoms with Gasteiger partial charge in [-0.15, -0.1) is 0 Å². The Hall–Kier alpha value is -2.87. The molecule has 8 heteroatoms. The van der Waals surface area contributed by atoms with Gasteiger partial charge in [-0.3, -0.25) is 15.4 Å². The summed E-state index contributed by atoms with van der Waals surface area (Å²) in [7, 11) is 1.30. The molecule has 1 aromatic carbocycles. The second-order valence-corrected chi connectivity index (χ2v) is 5.12. The highest BCUT2D eigenvalue weighted by atomic mass is 16.5. The number of amides is 1. The van der Waals surface area contributed by atoms with Crippen LogP contribution in [0.5, 0.6) is 0 Å². The number of aliphatic carboxylic acids is 1. The van der Waals surface area contributed by atoms with E-state index in [9.17, 15) is 14.7 Å². The number of methoxy groups -OCH3 is 1. The van der Waals surface area contributed by atoms with Crippen LogP contribution in [-0.4, -0.2) is 40.8 Å². The highest BCUT2D eigenvalue weighted by Gasteiger charge is 2.29. The average molecular weight is 316 g/mol. The van der Waals surface area contributed by atoms with Crippen LogP contribution in [0.25, 0.3) is 11.4 Å². The number of hydrogen-bond acceptors (Lipinski definition) is 5. The van der Waals surface area contributed by atoms with E-state index in [1.165, 1.54) is 7.11 Å². The molecule has 0 aliphatic carbocycles. The number of anilines is 1. The number of aromatic nitrogens is 2. The largest absolute Gasteiger partial charge is 0.480 e. The Kier molecular flexibility index (Phi) is 3.98. The van der Waals surface area contributed by atoms with Crippen LogP contribution in [0.4, 0.5) is 10.5 Å². The van der Waals surface area contributed by atoms with Gasteiger partial charge in [-0.1, -0.05) is 0 Å². The minimum absolute atomic E-state index is 0.524. The summed E-state index contributed by atoms with van der Waals surface area (Å²) < 4.78 is 4.53. The molecule has 23 heavy (non-hydrogen) atoms. The number of carbonyl (C=O) groups is 2. The van der Waals surface area contributed by atoms with E-state index in [1.807, 2.05) is 0 Å². The molecule has 1 amide bonds. The molecule has 3 rings (SSSR count). The first-order valence-electron chi connectivity index (χ1n) is 7.09. The first kappa shape index (κ1) is 15.0. The maximum Gasteiger partial charge on any atom is 0.411 e. The molecular weight excluding hydrogens is 300 g/mol. The van der Waals surface area contributed by atoms with Crippen LogP contribution in [0.1, 0.15) is 17.4 Å². The monoisotopic (exact) mass is 316 g/mol. The van der Waals surface area contributed by atoms with Crippen LogP contribution in [0.15, 0.2) is 24.3 Å². The molecule has 0 saturated heterocycles. The third-order valence-corrected chi connectivity index (χ3v) is 3.64. The lowest BCUT2D eigenvalue weighted by Crippen LogP contribution is -2.35.